The number of hydrogen-bond acceptors (Lipinski definition) is 4. The lowest BCUT2D eigenvalue weighted by molar-refractivity contribution is 0.207. The van der Waals surface area contributed by atoms with Crippen molar-refractivity contribution in [1.82, 2.24) is 4.98 Å². The molecule has 0 spiro atoms. The molecule has 1 unspecified atom stereocenters. The summed E-state index contributed by atoms with van der Waals surface area (Å²) in [7, 11) is 0. The summed E-state index contributed by atoms with van der Waals surface area (Å²) in [6, 6.07) is 8.61. The molecular formula is C13H14FN3O. The van der Waals surface area contributed by atoms with Crippen LogP contribution in [0, 0.1) is 5.82 Å². The molecule has 0 saturated heterocycles. The predicted octanol–water partition coefficient (Wildman–Crippen LogP) is 1.78. The van der Waals surface area contributed by atoms with Gasteiger partial charge in [0.25, 0.3) is 0 Å². The molecule has 0 radical (unpaired) electrons. The first-order valence-electron chi connectivity index (χ1n) is 5.53. The van der Waals surface area contributed by atoms with Crippen molar-refractivity contribution in [2.75, 3.05) is 5.32 Å². The van der Waals surface area contributed by atoms with E-state index in [-0.39, 0.29) is 5.69 Å². The monoisotopic (exact) mass is 247 g/mol. The first-order valence-corrected chi connectivity index (χ1v) is 5.53. The number of nitrogens with zero attached hydrogens (tertiary/aromatic N) is 1. The highest BCUT2D eigenvalue weighted by Crippen LogP contribution is 2.19. The molecule has 94 valence electrons. The van der Waals surface area contributed by atoms with Gasteiger partial charge in [-0.25, -0.2) is 4.39 Å². The minimum absolute atomic E-state index is 0.209. The van der Waals surface area contributed by atoms with Crippen LogP contribution >= 0.6 is 0 Å². The van der Waals surface area contributed by atoms with Gasteiger partial charge in [0.2, 0.25) is 0 Å². The number of nitrogens with one attached hydrogen (secondary N) is 1. The van der Waals surface area contributed by atoms with Gasteiger partial charge in [0, 0.05) is 18.3 Å². The molecule has 0 saturated carbocycles. The van der Waals surface area contributed by atoms with Crippen molar-refractivity contribution < 1.29 is 9.50 Å². The Labute approximate surface area is 104 Å². The van der Waals surface area contributed by atoms with Crippen LogP contribution in [-0.2, 0) is 6.54 Å². The molecule has 0 aliphatic heterocycles. The molecule has 0 fully saturated rings. The third-order valence-electron chi connectivity index (χ3n) is 2.60. The quantitative estimate of drug-likeness (QED) is 0.720. The fourth-order valence-corrected chi connectivity index (χ4v) is 1.56. The Hall–Kier alpha value is -1.98. The van der Waals surface area contributed by atoms with E-state index < -0.39 is 12.0 Å². The molecular weight excluding hydrogens is 233 g/mol. The topological polar surface area (TPSA) is 71.2 Å². The maximum atomic E-state index is 13.3. The highest BCUT2D eigenvalue weighted by atomic mass is 19.1. The summed E-state index contributed by atoms with van der Waals surface area (Å²) in [4.78, 5) is 3.64. The Morgan fingerprint density at radius 3 is 2.61 bits per heavy atom. The molecule has 4 nitrogen and oxygen atoms in total. The van der Waals surface area contributed by atoms with Crippen LogP contribution in [0.5, 0.6) is 0 Å². The lowest BCUT2D eigenvalue weighted by atomic mass is 10.1. The maximum absolute atomic E-state index is 13.3. The maximum Gasteiger partial charge on any atom is 0.164 e. The molecule has 2 aromatic rings. The largest absolute Gasteiger partial charge is 0.369 e. The number of aromatic nitrogens is 1. The Morgan fingerprint density at radius 2 is 2.00 bits per heavy atom. The number of aliphatic hydroxyl groups excluding tert-OH is 1. The van der Waals surface area contributed by atoms with E-state index in [1.165, 1.54) is 12.3 Å². The van der Waals surface area contributed by atoms with Crippen LogP contribution in [0.3, 0.4) is 0 Å². The van der Waals surface area contributed by atoms with Crippen molar-refractivity contribution in [2.45, 2.75) is 12.8 Å². The van der Waals surface area contributed by atoms with Crippen molar-refractivity contribution in [2.24, 2.45) is 5.73 Å². The third kappa shape index (κ3) is 2.82. The van der Waals surface area contributed by atoms with Crippen molar-refractivity contribution in [1.29, 1.82) is 0 Å². The predicted molar refractivity (Wildman–Crippen MR) is 67.1 cm³/mol. The van der Waals surface area contributed by atoms with Gasteiger partial charge >= 0.3 is 0 Å². The molecule has 4 N–H and O–H groups in total. The lowest BCUT2D eigenvalue weighted by Crippen LogP contribution is -2.11. The number of benzene rings is 1. The Balaban J connectivity index is 2.11. The van der Waals surface area contributed by atoms with E-state index in [0.29, 0.717) is 12.1 Å². The number of rotatable bonds is 4. The lowest BCUT2D eigenvalue weighted by Gasteiger charge is -2.15. The summed E-state index contributed by atoms with van der Waals surface area (Å²) in [6.45, 7) is 0.447. The summed E-state index contributed by atoms with van der Waals surface area (Å²) in [6.07, 6.45) is 1.57. The van der Waals surface area contributed by atoms with Gasteiger partial charge in [-0.1, -0.05) is 24.3 Å². The Bertz CT molecular complexity index is 516. The standard InChI is InChI=1S/C13H14FN3O/c14-11-8-16-6-5-12(11)17-13(18)10-3-1-9(7-15)2-4-10/h1-6,8,13,18H,7,15H2,(H,16,17). The minimum atomic E-state index is -0.978. The zero-order valence-electron chi connectivity index (χ0n) is 9.68. The molecule has 1 aromatic heterocycles. The fourth-order valence-electron chi connectivity index (χ4n) is 1.56. The first-order chi connectivity index (χ1) is 8.70. The molecule has 18 heavy (non-hydrogen) atoms. The Kier molecular flexibility index (Phi) is 3.86. The summed E-state index contributed by atoms with van der Waals surface area (Å²) >= 11 is 0. The molecule has 5 heteroatoms. The number of aliphatic hydroxyl groups is 1. The van der Waals surface area contributed by atoms with Crippen LogP contribution in [-0.4, -0.2) is 10.1 Å². The van der Waals surface area contributed by atoms with Crippen LogP contribution in [0.1, 0.15) is 17.4 Å². The van der Waals surface area contributed by atoms with Gasteiger partial charge in [-0.2, -0.15) is 0 Å². The van der Waals surface area contributed by atoms with Gasteiger partial charge in [0.05, 0.1) is 11.9 Å². The van der Waals surface area contributed by atoms with Crippen LogP contribution in [0.15, 0.2) is 42.7 Å². The smallest absolute Gasteiger partial charge is 0.164 e. The molecule has 1 aromatic carbocycles. The van der Waals surface area contributed by atoms with Crippen LogP contribution in [0.4, 0.5) is 10.1 Å². The molecule has 1 heterocycles. The van der Waals surface area contributed by atoms with Gasteiger partial charge in [-0.3, -0.25) is 4.98 Å². The van der Waals surface area contributed by atoms with E-state index in [1.807, 2.05) is 12.1 Å². The normalized spacial score (nSPS) is 12.2. The van der Waals surface area contributed by atoms with E-state index in [1.54, 1.807) is 12.1 Å². The highest BCUT2D eigenvalue weighted by Gasteiger charge is 2.09. The van der Waals surface area contributed by atoms with Crippen LogP contribution in [0.2, 0.25) is 0 Å². The SMILES string of the molecule is NCc1ccc(C(O)Nc2ccncc2F)cc1. The van der Waals surface area contributed by atoms with E-state index in [0.717, 1.165) is 11.8 Å². The number of hydrogen-bond donors (Lipinski definition) is 3. The zero-order valence-corrected chi connectivity index (χ0v) is 9.68. The fraction of sp³-hybridized carbons (Fsp3) is 0.154. The minimum Gasteiger partial charge on any atom is -0.369 e. The summed E-state index contributed by atoms with van der Waals surface area (Å²) < 4.78 is 13.3. The van der Waals surface area contributed by atoms with E-state index in [9.17, 15) is 9.50 Å². The van der Waals surface area contributed by atoms with Gasteiger partial charge < -0.3 is 16.2 Å². The summed E-state index contributed by atoms with van der Waals surface area (Å²) in [5, 5.41) is 12.6. The van der Waals surface area contributed by atoms with Crippen LogP contribution < -0.4 is 11.1 Å². The summed E-state index contributed by atoms with van der Waals surface area (Å²) in [5.41, 5.74) is 7.31. The van der Waals surface area contributed by atoms with Crippen molar-refractivity contribution >= 4 is 5.69 Å². The summed E-state index contributed by atoms with van der Waals surface area (Å²) in [5.74, 6) is -0.505. The van der Waals surface area contributed by atoms with Crippen molar-refractivity contribution in [3.8, 4) is 0 Å². The van der Waals surface area contributed by atoms with Gasteiger partial charge in [0.1, 0.15) is 0 Å². The van der Waals surface area contributed by atoms with Crippen LogP contribution in [0.25, 0.3) is 0 Å². The average molecular weight is 247 g/mol. The van der Waals surface area contributed by atoms with Gasteiger partial charge in [-0.05, 0) is 11.6 Å². The molecule has 0 aliphatic rings. The molecule has 2 rings (SSSR count). The third-order valence-corrected chi connectivity index (χ3v) is 2.60. The van der Waals surface area contributed by atoms with Crippen molar-refractivity contribution in [3.63, 3.8) is 0 Å². The molecule has 0 aliphatic carbocycles. The second-order valence-electron chi connectivity index (χ2n) is 3.85. The zero-order chi connectivity index (χ0) is 13.0. The van der Waals surface area contributed by atoms with E-state index >= 15 is 0 Å². The van der Waals surface area contributed by atoms with E-state index in [2.05, 4.69) is 10.3 Å². The molecule has 0 bridgehead atoms. The number of halogens is 1. The molecule has 1 atom stereocenters. The molecule has 0 amide bonds. The number of anilines is 1. The second kappa shape index (κ2) is 5.57. The highest BCUT2D eigenvalue weighted by molar-refractivity contribution is 5.44. The number of pyridine rings is 1. The van der Waals surface area contributed by atoms with Gasteiger partial charge in [-0.15, -0.1) is 0 Å². The second-order valence-corrected chi connectivity index (χ2v) is 3.85. The van der Waals surface area contributed by atoms with Crippen molar-refractivity contribution in [3.05, 3.63) is 59.7 Å². The number of nitrogens with two attached hydrogens (primary N) is 1. The van der Waals surface area contributed by atoms with E-state index in [4.69, 9.17) is 5.73 Å². The van der Waals surface area contributed by atoms with Gasteiger partial charge in [0.15, 0.2) is 12.0 Å². The first kappa shape index (κ1) is 12.5. The average Bonchev–Trinajstić information content (AvgIpc) is 2.41. The Morgan fingerprint density at radius 1 is 1.28 bits per heavy atom.